The Balaban J connectivity index is 1.98. The van der Waals surface area contributed by atoms with Crippen LogP contribution in [0.3, 0.4) is 0 Å². The number of fused-ring (bicyclic) bond motifs is 1. The molecule has 1 heterocycles. The fourth-order valence-electron chi connectivity index (χ4n) is 2.99. The van der Waals surface area contributed by atoms with Gasteiger partial charge in [0.2, 0.25) is 0 Å². The summed E-state index contributed by atoms with van der Waals surface area (Å²) in [6.45, 7) is 1.24. The van der Waals surface area contributed by atoms with Gasteiger partial charge in [-0.3, -0.25) is 9.69 Å². The Bertz CT molecular complexity index is 653. The average molecular weight is 271 g/mol. The van der Waals surface area contributed by atoms with Crippen LogP contribution in [0.25, 0.3) is 10.8 Å². The Hall–Kier alpha value is -2.07. The number of carbonyl (C=O) groups is 1. The molecule has 104 valence electrons. The molecular formula is C16H17NO3. The third-order valence-corrected chi connectivity index (χ3v) is 4.03. The van der Waals surface area contributed by atoms with E-state index in [1.165, 1.54) is 0 Å². The molecule has 2 aromatic carbocycles. The molecule has 0 radical (unpaired) electrons. The van der Waals surface area contributed by atoms with Crippen LogP contribution < -0.4 is 0 Å². The number of rotatable bonds is 3. The summed E-state index contributed by atoms with van der Waals surface area (Å²) in [5, 5.41) is 21.4. The van der Waals surface area contributed by atoms with Crippen LogP contribution in [0.5, 0.6) is 5.75 Å². The van der Waals surface area contributed by atoms with E-state index in [1.807, 2.05) is 35.2 Å². The summed E-state index contributed by atoms with van der Waals surface area (Å²) in [4.78, 5) is 13.2. The predicted molar refractivity (Wildman–Crippen MR) is 76.7 cm³/mol. The lowest BCUT2D eigenvalue weighted by Gasteiger charge is -2.22. The van der Waals surface area contributed by atoms with E-state index in [4.69, 9.17) is 0 Å². The van der Waals surface area contributed by atoms with Gasteiger partial charge in [-0.05, 0) is 36.2 Å². The molecule has 2 N–H and O–H groups in total. The van der Waals surface area contributed by atoms with E-state index < -0.39 is 12.0 Å². The summed E-state index contributed by atoms with van der Waals surface area (Å²) in [5.74, 6) is -0.540. The zero-order chi connectivity index (χ0) is 14.1. The molecule has 1 atom stereocenters. The van der Waals surface area contributed by atoms with Crippen LogP contribution in [0.2, 0.25) is 0 Å². The molecule has 1 aliphatic rings. The lowest BCUT2D eigenvalue weighted by atomic mass is 10.0. The molecule has 0 spiro atoms. The van der Waals surface area contributed by atoms with Crippen LogP contribution in [0.4, 0.5) is 0 Å². The molecule has 0 aliphatic carbocycles. The number of carboxylic acids is 1. The summed E-state index contributed by atoms with van der Waals surface area (Å²) >= 11 is 0. The van der Waals surface area contributed by atoms with E-state index in [2.05, 4.69) is 0 Å². The van der Waals surface area contributed by atoms with Gasteiger partial charge >= 0.3 is 5.97 Å². The SMILES string of the molecule is O=C(O)[C@@H]1CCCN1Cc1c(O)ccc2ccccc12. The molecule has 1 saturated heterocycles. The second kappa shape index (κ2) is 5.13. The summed E-state index contributed by atoms with van der Waals surface area (Å²) in [6.07, 6.45) is 1.57. The molecular weight excluding hydrogens is 254 g/mol. The number of nitrogens with zero attached hydrogens (tertiary/aromatic N) is 1. The van der Waals surface area contributed by atoms with Crippen molar-refractivity contribution in [2.24, 2.45) is 0 Å². The van der Waals surface area contributed by atoms with Crippen molar-refractivity contribution in [3.05, 3.63) is 42.0 Å². The van der Waals surface area contributed by atoms with Gasteiger partial charge in [-0.15, -0.1) is 0 Å². The van der Waals surface area contributed by atoms with Crippen molar-refractivity contribution in [1.82, 2.24) is 4.90 Å². The number of aromatic hydroxyl groups is 1. The first-order valence-corrected chi connectivity index (χ1v) is 6.83. The van der Waals surface area contributed by atoms with Crippen LogP contribution in [-0.4, -0.2) is 33.7 Å². The number of hydrogen-bond donors (Lipinski definition) is 2. The van der Waals surface area contributed by atoms with E-state index >= 15 is 0 Å². The second-order valence-electron chi connectivity index (χ2n) is 5.25. The number of phenolic OH excluding ortho intramolecular Hbond substituents is 1. The van der Waals surface area contributed by atoms with Crippen LogP contribution in [-0.2, 0) is 11.3 Å². The molecule has 0 saturated carbocycles. The normalized spacial score (nSPS) is 19.5. The van der Waals surface area contributed by atoms with E-state index in [9.17, 15) is 15.0 Å². The highest BCUT2D eigenvalue weighted by Crippen LogP contribution is 2.30. The van der Waals surface area contributed by atoms with Crippen molar-refractivity contribution in [3.8, 4) is 5.75 Å². The van der Waals surface area contributed by atoms with Gasteiger partial charge in [-0.2, -0.15) is 0 Å². The maximum atomic E-state index is 11.2. The number of aliphatic carboxylic acids is 1. The van der Waals surface area contributed by atoms with Gasteiger partial charge in [0.1, 0.15) is 11.8 Å². The maximum absolute atomic E-state index is 11.2. The van der Waals surface area contributed by atoms with E-state index in [0.717, 1.165) is 29.3 Å². The Morgan fingerprint density at radius 3 is 2.85 bits per heavy atom. The molecule has 3 rings (SSSR count). The third-order valence-electron chi connectivity index (χ3n) is 4.03. The smallest absolute Gasteiger partial charge is 0.320 e. The van der Waals surface area contributed by atoms with Crippen molar-refractivity contribution in [2.75, 3.05) is 6.54 Å². The van der Waals surface area contributed by atoms with Gasteiger partial charge in [-0.25, -0.2) is 0 Å². The Morgan fingerprint density at radius 2 is 2.05 bits per heavy atom. The minimum absolute atomic E-state index is 0.236. The predicted octanol–water partition coefficient (Wildman–Crippen LogP) is 2.59. The molecule has 1 fully saturated rings. The monoisotopic (exact) mass is 271 g/mol. The quantitative estimate of drug-likeness (QED) is 0.900. The molecule has 0 unspecified atom stereocenters. The van der Waals surface area contributed by atoms with Crippen molar-refractivity contribution < 1.29 is 15.0 Å². The molecule has 4 nitrogen and oxygen atoms in total. The number of hydrogen-bond acceptors (Lipinski definition) is 3. The van der Waals surface area contributed by atoms with Crippen molar-refractivity contribution in [1.29, 1.82) is 0 Å². The van der Waals surface area contributed by atoms with Gasteiger partial charge in [0.15, 0.2) is 0 Å². The maximum Gasteiger partial charge on any atom is 0.320 e. The zero-order valence-corrected chi connectivity index (χ0v) is 11.1. The van der Waals surface area contributed by atoms with E-state index in [0.29, 0.717) is 13.0 Å². The Labute approximate surface area is 117 Å². The molecule has 0 amide bonds. The lowest BCUT2D eigenvalue weighted by Crippen LogP contribution is -2.35. The second-order valence-corrected chi connectivity index (χ2v) is 5.25. The highest BCUT2D eigenvalue weighted by Gasteiger charge is 2.31. The standard InChI is InChI=1S/C16H17NO3/c18-15-8-7-11-4-1-2-5-12(11)13(15)10-17-9-3-6-14(17)16(19)20/h1-2,4-5,7-8,14,18H,3,6,9-10H2,(H,19,20)/t14-/m0/s1. The summed E-state index contributed by atoms with van der Waals surface area (Å²) in [7, 11) is 0. The van der Waals surface area contributed by atoms with Gasteiger partial charge < -0.3 is 10.2 Å². The fourth-order valence-corrected chi connectivity index (χ4v) is 2.99. The highest BCUT2D eigenvalue weighted by atomic mass is 16.4. The highest BCUT2D eigenvalue weighted by molar-refractivity contribution is 5.87. The minimum atomic E-state index is -0.776. The van der Waals surface area contributed by atoms with Gasteiger partial charge in [0.05, 0.1) is 0 Å². The van der Waals surface area contributed by atoms with Crippen LogP contribution >= 0.6 is 0 Å². The molecule has 0 aromatic heterocycles. The number of phenols is 1. The van der Waals surface area contributed by atoms with Crippen molar-refractivity contribution in [2.45, 2.75) is 25.4 Å². The number of likely N-dealkylation sites (tertiary alicyclic amines) is 1. The van der Waals surface area contributed by atoms with Gasteiger partial charge in [0, 0.05) is 12.1 Å². The van der Waals surface area contributed by atoms with Crippen LogP contribution in [0.1, 0.15) is 18.4 Å². The first-order chi connectivity index (χ1) is 9.66. The Kier molecular flexibility index (Phi) is 3.32. The lowest BCUT2D eigenvalue weighted by molar-refractivity contribution is -0.142. The third kappa shape index (κ3) is 2.23. The first-order valence-electron chi connectivity index (χ1n) is 6.83. The summed E-state index contributed by atoms with van der Waals surface area (Å²) in [5.41, 5.74) is 0.816. The molecule has 2 aromatic rings. The van der Waals surface area contributed by atoms with Crippen molar-refractivity contribution in [3.63, 3.8) is 0 Å². The molecule has 20 heavy (non-hydrogen) atoms. The van der Waals surface area contributed by atoms with Crippen LogP contribution in [0.15, 0.2) is 36.4 Å². The molecule has 1 aliphatic heterocycles. The van der Waals surface area contributed by atoms with Crippen molar-refractivity contribution >= 4 is 16.7 Å². The fraction of sp³-hybridized carbons (Fsp3) is 0.312. The van der Waals surface area contributed by atoms with Gasteiger partial charge in [0.25, 0.3) is 0 Å². The first kappa shape index (κ1) is 12.9. The van der Waals surface area contributed by atoms with E-state index in [-0.39, 0.29) is 5.75 Å². The summed E-state index contributed by atoms with van der Waals surface area (Å²) < 4.78 is 0. The largest absolute Gasteiger partial charge is 0.508 e. The molecule has 4 heteroatoms. The summed E-state index contributed by atoms with van der Waals surface area (Å²) in [6, 6.07) is 11.0. The minimum Gasteiger partial charge on any atom is -0.508 e. The zero-order valence-electron chi connectivity index (χ0n) is 11.1. The van der Waals surface area contributed by atoms with Crippen LogP contribution in [0, 0.1) is 0 Å². The van der Waals surface area contributed by atoms with Gasteiger partial charge in [-0.1, -0.05) is 30.3 Å². The average Bonchev–Trinajstić information content (AvgIpc) is 2.90. The topological polar surface area (TPSA) is 60.8 Å². The molecule has 0 bridgehead atoms. The number of benzene rings is 2. The Morgan fingerprint density at radius 1 is 1.25 bits per heavy atom. The van der Waals surface area contributed by atoms with E-state index in [1.54, 1.807) is 6.07 Å². The number of carboxylic acid groups (broad SMARTS) is 1.